The van der Waals surface area contributed by atoms with E-state index in [1.807, 2.05) is 30.3 Å². The van der Waals surface area contributed by atoms with Crippen molar-refractivity contribution in [2.75, 3.05) is 32.7 Å². The van der Waals surface area contributed by atoms with Gasteiger partial charge in [-0.25, -0.2) is 0 Å². The Morgan fingerprint density at radius 2 is 1.82 bits per heavy atom. The summed E-state index contributed by atoms with van der Waals surface area (Å²) in [6, 6.07) is 10.1. The standard InChI is InChI=1S/C15H22N2/c1-3-17(4-2)14-13-16-12-8-11-15-9-6-5-7-10-15/h5-7,9-10,16H,3-4,12-14H2,1-2H3. The number of nitrogens with one attached hydrogen (secondary N) is 1. The lowest BCUT2D eigenvalue weighted by molar-refractivity contribution is 0.304. The van der Waals surface area contributed by atoms with Gasteiger partial charge in [-0.2, -0.15) is 0 Å². The van der Waals surface area contributed by atoms with Crippen LogP contribution in [0, 0.1) is 11.8 Å². The van der Waals surface area contributed by atoms with Gasteiger partial charge in [0.25, 0.3) is 0 Å². The quantitative estimate of drug-likeness (QED) is 0.594. The molecule has 17 heavy (non-hydrogen) atoms. The molecule has 0 aromatic heterocycles. The third-order valence-corrected chi connectivity index (χ3v) is 2.72. The molecule has 0 heterocycles. The van der Waals surface area contributed by atoms with E-state index in [0.29, 0.717) is 0 Å². The van der Waals surface area contributed by atoms with Crippen LogP contribution >= 0.6 is 0 Å². The Labute approximate surface area is 105 Å². The van der Waals surface area contributed by atoms with Gasteiger partial charge in [0.15, 0.2) is 0 Å². The maximum atomic E-state index is 3.34. The monoisotopic (exact) mass is 230 g/mol. The summed E-state index contributed by atoms with van der Waals surface area (Å²) in [6.45, 7) is 9.49. The highest BCUT2D eigenvalue weighted by Gasteiger charge is 1.95. The lowest BCUT2D eigenvalue weighted by atomic mass is 10.2. The number of rotatable bonds is 6. The Balaban J connectivity index is 2.14. The molecule has 0 radical (unpaired) electrons. The van der Waals surface area contributed by atoms with E-state index in [2.05, 4.69) is 35.9 Å². The molecular weight excluding hydrogens is 208 g/mol. The second-order valence-electron chi connectivity index (χ2n) is 3.87. The van der Waals surface area contributed by atoms with Crippen molar-refractivity contribution >= 4 is 0 Å². The number of hydrogen-bond donors (Lipinski definition) is 1. The van der Waals surface area contributed by atoms with Crippen molar-refractivity contribution in [1.82, 2.24) is 10.2 Å². The van der Waals surface area contributed by atoms with Gasteiger partial charge < -0.3 is 10.2 Å². The molecule has 2 nitrogen and oxygen atoms in total. The van der Waals surface area contributed by atoms with Crippen LogP contribution in [0.4, 0.5) is 0 Å². The highest BCUT2D eigenvalue weighted by atomic mass is 15.1. The van der Waals surface area contributed by atoms with Gasteiger partial charge in [0.05, 0.1) is 6.54 Å². The number of benzene rings is 1. The molecule has 0 saturated heterocycles. The summed E-state index contributed by atoms with van der Waals surface area (Å²) in [5.41, 5.74) is 1.08. The van der Waals surface area contributed by atoms with Gasteiger partial charge in [0.2, 0.25) is 0 Å². The van der Waals surface area contributed by atoms with E-state index < -0.39 is 0 Å². The summed E-state index contributed by atoms with van der Waals surface area (Å²) >= 11 is 0. The van der Waals surface area contributed by atoms with Crippen molar-refractivity contribution in [3.63, 3.8) is 0 Å². The van der Waals surface area contributed by atoms with Crippen molar-refractivity contribution in [2.24, 2.45) is 0 Å². The topological polar surface area (TPSA) is 15.3 Å². The first-order valence-electron chi connectivity index (χ1n) is 6.33. The number of hydrogen-bond acceptors (Lipinski definition) is 2. The van der Waals surface area contributed by atoms with E-state index in [4.69, 9.17) is 0 Å². The predicted octanol–water partition coefficient (Wildman–Crippen LogP) is 1.97. The summed E-state index contributed by atoms with van der Waals surface area (Å²) in [7, 11) is 0. The molecular formula is C15H22N2. The Kier molecular flexibility index (Phi) is 7.13. The van der Waals surface area contributed by atoms with Gasteiger partial charge in [-0.3, -0.25) is 0 Å². The molecule has 0 amide bonds. The zero-order chi connectivity index (χ0) is 12.3. The summed E-state index contributed by atoms with van der Waals surface area (Å²) in [6.07, 6.45) is 0. The first kappa shape index (κ1) is 13.8. The fourth-order valence-corrected chi connectivity index (χ4v) is 1.60. The minimum Gasteiger partial charge on any atom is -0.305 e. The molecule has 1 rings (SSSR count). The van der Waals surface area contributed by atoms with Crippen LogP contribution in [0.25, 0.3) is 0 Å². The van der Waals surface area contributed by atoms with Crippen LogP contribution in [-0.4, -0.2) is 37.6 Å². The van der Waals surface area contributed by atoms with Crippen molar-refractivity contribution in [3.8, 4) is 11.8 Å². The molecule has 0 atom stereocenters. The molecule has 0 spiro atoms. The summed E-state index contributed by atoms with van der Waals surface area (Å²) in [5.74, 6) is 6.27. The van der Waals surface area contributed by atoms with Gasteiger partial charge in [0, 0.05) is 18.7 Å². The van der Waals surface area contributed by atoms with Gasteiger partial charge >= 0.3 is 0 Å². The Morgan fingerprint density at radius 1 is 1.12 bits per heavy atom. The minimum absolute atomic E-state index is 0.760. The second kappa shape index (κ2) is 8.81. The van der Waals surface area contributed by atoms with Crippen LogP contribution in [0.3, 0.4) is 0 Å². The molecule has 0 fully saturated rings. The summed E-state index contributed by atoms with van der Waals surface area (Å²) in [5, 5.41) is 3.34. The van der Waals surface area contributed by atoms with Gasteiger partial charge in [-0.15, -0.1) is 0 Å². The van der Waals surface area contributed by atoms with Crippen LogP contribution in [0.5, 0.6) is 0 Å². The Bertz CT molecular complexity index is 344. The SMILES string of the molecule is CCN(CC)CCNCC#Cc1ccccc1. The fourth-order valence-electron chi connectivity index (χ4n) is 1.60. The van der Waals surface area contributed by atoms with E-state index in [-0.39, 0.29) is 0 Å². The highest BCUT2D eigenvalue weighted by Crippen LogP contribution is 1.94. The third-order valence-electron chi connectivity index (χ3n) is 2.72. The largest absolute Gasteiger partial charge is 0.305 e. The van der Waals surface area contributed by atoms with E-state index >= 15 is 0 Å². The molecule has 0 bridgehead atoms. The van der Waals surface area contributed by atoms with E-state index in [9.17, 15) is 0 Å². The first-order valence-corrected chi connectivity index (χ1v) is 6.33. The number of nitrogens with zero attached hydrogens (tertiary/aromatic N) is 1. The van der Waals surface area contributed by atoms with E-state index in [0.717, 1.165) is 38.3 Å². The van der Waals surface area contributed by atoms with Crippen LogP contribution in [0.1, 0.15) is 19.4 Å². The van der Waals surface area contributed by atoms with Crippen molar-refractivity contribution in [3.05, 3.63) is 35.9 Å². The van der Waals surface area contributed by atoms with E-state index in [1.165, 1.54) is 0 Å². The third kappa shape index (κ3) is 6.11. The zero-order valence-corrected chi connectivity index (χ0v) is 10.9. The van der Waals surface area contributed by atoms with Crippen molar-refractivity contribution < 1.29 is 0 Å². The van der Waals surface area contributed by atoms with Crippen LogP contribution in [0.15, 0.2) is 30.3 Å². The van der Waals surface area contributed by atoms with Gasteiger partial charge in [-0.1, -0.05) is 43.9 Å². The number of likely N-dealkylation sites (N-methyl/N-ethyl adjacent to an activating group) is 1. The smallest absolute Gasteiger partial charge is 0.0580 e. The summed E-state index contributed by atoms with van der Waals surface area (Å²) < 4.78 is 0. The molecule has 2 heteroatoms. The maximum absolute atomic E-state index is 3.34. The second-order valence-corrected chi connectivity index (χ2v) is 3.87. The predicted molar refractivity (Wildman–Crippen MR) is 74.0 cm³/mol. The molecule has 0 aliphatic rings. The normalized spacial score (nSPS) is 10.1. The molecule has 0 unspecified atom stereocenters. The molecule has 92 valence electrons. The molecule has 0 aliphatic heterocycles. The molecule has 0 aliphatic carbocycles. The van der Waals surface area contributed by atoms with Crippen LogP contribution in [-0.2, 0) is 0 Å². The van der Waals surface area contributed by atoms with Crippen molar-refractivity contribution in [1.29, 1.82) is 0 Å². The highest BCUT2D eigenvalue weighted by molar-refractivity contribution is 5.33. The maximum Gasteiger partial charge on any atom is 0.0580 e. The van der Waals surface area contributed by atoms with Crippen molar-refractivity contribution in [2.45, 2.75) is 13.8 Å². The Hall–Kier alpha value is -1.30. The van der Waals surface area contributed by atoms with Crippen LogP contribution in [0.2, 0.25) is 0 Å². The molecule has 1 aromatic rings. The minimum atomic E-state index is 0.760. The van der Waals surface area contributed by atoms with Crippen LogP contribution < -0.4 is 5.32 Å². The zero-order valence-electron chi connectivity index (χ0n) is 10.9. The Morgan fingerprint density at radius 3 is 2.47 bits per heavy atom. The molecule has 1 N–H and O–H groups in total. The fraction of sp³-hybridized carbons (Fsp3) is 0.467. The van der Waals surface area contributed by atoms with Gasteiger partial charge in [-0.05, 0) is 25.2 Å². The average Bonchev–Trinajstić information content (AvgIpc) is 2.39. The molecule has 0 saturated carbocycles. The lowest BCUT2D eigenvalue weighted by Gasteiger charge is -2.17. The van der Waals surface area contributed by atoms with E-state index in [1.54, 1.807) is 0 Å². The lowest BCUT2D eigenvalue weighted by Crippen LogP contribution is -2.32. The first-order chi connectivity index (χ1) is 8.36. The summed E-state index contributed by atoms with van der Waals surface area (Å²) in [4.78, 5) is 2.40. The molecule has 1 aromatic carbocycles. The van der Waals surface area contributed by atoms with Gasteiger partial charge in [0.1, 0.15) is 0 Å². The average molecular weight is 230 g/mol.